The van der Waals surface area contributed by atoms with E-state index in [1.54, 1.807) is 48.5 Å². The topological polar surface area (TPSA) is 75.4 Å². The van der Waals surface area contributed by atoms with Crippen molar-refractivity contribution in [3.8, 4) is 0 Å². The first-order chi connectivity index (χ1) is 14.9. The molecular weight excluding hydrogens is 434 g/mol. The predicted octanol–water partition coefficient (Wildman–Crippen LogP) is 5.08. The van der Waals surface area contributed by atoms with Gasteiger partial charge in [0.05, 0.1) is 28.4 Å². The van der Waals surface area contributed by atoms with Crippen molar-refractivity contribution in [3.05, 3.63) is 101 Å². The van der Waals surface area contributed by atoms with Crippen LogP contribution in [0, 0.1) is 6.92 Å². The van der Waals surface area contributed by atoms with Gasteiger partial charge in [-0.25, -0.2) is 13.4 Å². The van der Waals surface area contributed by atoms with Gasteiger partial charge in [-0.15, -0.1) is 4.41 Å². The molecule has 2 aromatic heterocycles. The molecule has 156 valence electrons. The summed E-state index contributed by atoms with van der Waals surface area (Å²) in [4.78, 5) is 4.69. The Morgan fingerprint density at radius 3 is 2.61 bits per heavy atom. The Morgan fingerprint density at radius 1 is 1.06 bits per heavy atom. The smallest absolute Gasteiger partial charge is 0.260 e. The van der Waals surface area contributed by atoms with Crippen molar-refractivity contribution in [2.75, 3.05) is 0 Å². The first-order valence-corrected chi connectivity index (χ1v) is 11.4. The summed E-state index contributed by atoms with van der Waals surface area (Å²) in [6.45, 7) is 1.98. The first-order valence-electron chi connectivity index (χ1n) is 9.62. The van der Waals surface area contributed by atoms with Crippen molar-refractivity contribution < 1.29 is 12.8 Å². The number of hydrogen-bond acceptors (Lipinski definition) is 5. The number of hydrogen-bond donors (Lipinski definition) is 1. The molecule has 0 radical (unpaired) electrons. The van der Waals surface area contributed by atoms with Gasteiger partial charge in [0, 0.05) is 10.9 Å². The van der Waals surface area contributed by atoms with Crippen LogP contribution in [0.2, 0.25) is 5.15 Å². The van der Waals surface area contributed by atoms with E-state index in [4.69, 9.17) is 16.0 Å². The molecule has 0 unspecified atom stereocenters. The normalized spacial score (nSPS) is 17.0. The molecule has 1 N–H and O–H groups in total. The van der Waals surface area contributed by atoms with Crippen molar-refractivity contribution in [2.24, 2.45) is 0 Å². The molecule has 0 saturated heterocycles. The second kappa shape index (κ2) is 7.53. The molecule has 1 aliphatic heterocycles. The van der Waals surface area contributed by atoms with Gasteiger partial charge < -0.3 is 9.84 Å². The van der Waals surface area contributed by atoms with E-state index in [1.165, 1.54) is 10.7 Å². The van der Waals surface area contributed by atoms with Gasteiger partial charge in [0.2, 0.25) is 0 Å². The van der Waals surface area contributed by atoms with E-state index >= 15 is 0 Å². The SMILES string of the molecule is Cc1ccc2cc([C@H]3C=C(c4ccco4)NN3S(=O)(=O)c3ccccc3)c(Cl)nc2c1. The summed E-state index contributed by atoms with van der Waals surface area (Å²) in [7, 11) is -3.89. The number of aryl methyl sites for hydroxylation is 1. The van der Waals surface area contributed by atoms with Gasteiger partial charge in [-0.05, 0) is 55.0 Å². The van der Waals surface area contributed by atoms with E-state index in [1.807, 2.05) is 31.2 Å². The Labute approximate surface area is 184 Å². The van der Waals surface area contributed by atoms with E-state index < -0.39 is 16.1 Å². The van der Waals surface area contributed by atoms with Crippen molar-refractivity contribution in [1.82, 2.24) is 14.8 Å². The number of nitrogens with one attached hydrogen (secondary N) is 1. The Bertz CT molecular complexity index is 1400. The van der Waals surface area contributed by atoms with Crippen LogP contribution in [0.5, 0.6) is 0 Å². The maximum Gasteiger partial charge on any atom is 0.260 e. The van der Waals surface area contributed by atoms with E-state index in [0.29, 0.717) is 17.0 Å². The number of hydrazine groups is 1. The molecular formula is C23H18ClN3O3S. The molecule has 6 nitrogen and oxygen atoms in total. The monoisotopic (exact) mass is 451 g/mol. The molecule has 1 aliphatic rings. The molecule has 3 heterocycles. The molecule has 2 aromatic carbocycles. The lowest BCUT2D eigenvalue weighted by atomic mass is 10.1. The number of aromatic nitrogens is 1. The molecule has 8 heteroatoms. The average Bonchev–Trinajstić information content (AvgIpc) is 3.44. The molecule has 0 bridgehead atoms. The fourth-order valence-corrected chi connectivity index (χ4v) is 5.31. The minimum Gasteiger partial charge on any atom is -0.463 e. The van der Waals surface area contributed by atoms with Gasteiger partial charge in [0.15, 0.2) is 5.76 Å². The standard InChI is InChI=1S/C23H18ClN3O3S/c1-15-9-10-16-13-18(23(24)25-19(16)12-15)21-14-20(22-8-5-11-30-22)26-27(21)31(28,29)17-6-3-2-4-7-17/h2-14,21,26H,1H3/t21-/m1/s1. The van der Waals surface area contributed by atoms with Crippen LogP contribution in [0.25, 0.3) is 16.6 Å². The van der Waals surface area contributed by atoms with Gasteiger partial charge in [-0.2, -0.15) is 0 Å². The van der Waals surface area contributed by atoms with Gasteiger partial charge in [0.1, 0.15) is 5.15 Å². The van der Waals surface area contributed by atoms with E-state index in [2.05, 4.69) is 10.4 Å². The summed E-state index contributed by atoms with van der Waals surface area (Å²) in [6, 6.07) is 18.8. The molecule has 0 saturated carbocycles. The minimum absolute atomic E-state index is 0.169. The van der Waals surface area contributed by atoms with Gasteiger partial charge in [-0.1, -0.05) is 41.9 Å². The van der Waals surface area contributed by atoms with Crippen LogP contribution in [-0.2, 0) is 10.0 Å². The largest absolute Gasteiger partial charge is 0.463 e. The zero-order valence-electron chi connectivity index (χ0n) is 16.5. The second-order valence-electron chi connectivity index (χ2n) is 7.29. The highest BCUT2D eigenvalue weighted by molar-refractivity contribution is 7.89. The van der Waals surface area contributed by atoms with Gasteiger partial charge in [-0.3, -0.25) is 0 Å². The number of sulfonamides is 1. The average molecular weight is 452 g/mol. The molecule has 4 aromatic rings. The third-order valence-electron chi connectivity index (χ3n) is 5.17. The van der Waals surface area contributed by atoms with Crippen LogP contribution < -0.4 is 5.43 Å². The quantitative estimate of drug-likeness (QED) is 0.438. The number of rotatable bonds is 4. The maximum atomic E-state index is 13.5. The molecule has 0 aliphatic carbocycles. The summed E-state index contributed by atoms with van der Waals surface area (Å²) in [5.74, 6) is 0.524. The lowest BCUT2D eigenvalue weighted by Crippen LogP contribution is -2.39. The highest BCUT2D eigenvalue weighted by Gasteiger charge is 2.38. The van der Waals surface area contributed by atoms with E-state index in [0.717, 1.165) is 16.5 Å². The molecule has 0 spiro atoms. The van der Waals surface area contributed by atoms with Crippen LogP contribution in [0.1, 0.15) is 22.9 Å². The minimum atomic E-state index is -3.89. The Balaban J connectivity index is 1.66. The Kier molecular flexibility index (Phi) is 4.81. The van der Waals surface area contributed by atoms with Gasteiger partial charge in [0.25, 0.3) is 10.0 Å². The summed E-state index contributed by atoms with van der Waals surface area (Å²) >= 11 is 6.56. The zero-order valence-corrected chi connectivity index (χ0v) is 18.1. The van der Waals surface area contributed by atoms with E-state index in [-0.39, 0.29) is 10.0 Å². The Morgan fingerprint density at radius 2 is 1.87 bits per heavy atom. The summed E-state index contributed by atoms with van der Waals surface area (Å²) in [6.07, 6.45) is 3.32. The highest BCUT2D eigenvalue weighted by Crippen LogP contribution is 2.38. The van der Waals surface area contributed by atoms with Crippen molar-refractivity contribution in [2.45, 2.75) is 17.9 Å². The van der Waals surface area contributed by atoms with Crippen LogP contribution in [-0.4, -0.2) is 17.8 Å². The highest BCUT2D eigenvalue weighted by atomic mass is 35.5. The van der Waals surface area contributed by atoms with E-state index in [9.17, 15) is 8.42 Å². The van der Waals surface area contributed by atoms with Crippen molar-refractivity contribution in [3.63, 3.8) is 0 Å². The number of halogens is 1. The summed E-state index contributed by atoms with van der Waals surface area (Å²) in [5, 5.41) is 1.12. The molecule has 5 rings (SSSR count). The predicted molar refractivity (Wildman–Crippen MR) is 120 cm³/mol. The number of nitrogens with zero attached hydrogens (tertiary/aromatic N) is 2. The first kappa shape index (κ1) is 19.8. The number of pyridine rings is 1. The molecule has 1 atom stereocenters. The Hall–Kier alpha value is -3.13. The fraction of sp³-hybridized carbons (Fsp3) is 0.0870. The molecule has 31 heavy (non-hydrogen) atoms. The van der Waals surface area contributed by atoms with Crippen LogP contribution >= 0.6 is 11.6 Å². The molecule has 0 fully saturated rings. The van der Waals surface area contributed by atoms with Crippen molar-refractivity contribution in [1.29, 1.82) is 0 Å². The van der Waals surface area contributed by atoms with Crippen LogP contribution in [0.3, 0.4) is 0 Å². The van der Waals surface area contributed by atoms with Gasteiger partial charge >= 0.3 is 0 Å². The van der Waals surface area contributed by atoms with Crippen LogP contribution in [0.15, 0.2) is 88.4 Å². The fourth-order valence-electron chi connectivity index (χ4n) is 3.63. The number of fused-ring (bicyclic) bond motifs is 1. The molecule has 0 amide bonds. The van der Waals surface area contributed by atoms with Crippen molar-refractivity contribution >= 4 is 38.2 Å². The lowest BCUT2D eigenvalue weighted by molar-refractivity contribution is 0.345. The summed E-state index contributed by atoms with van der Waals surface area (Å²) in [5.41, 5.74) is 5.93. The zero-order chi connectivity index (χ0) is 21.6. The third kappa shape index (κ3) is 3.50. The summed E-state index contributed by atoms with van der Waals surface area (Å²) < 4.78 is 33.7. The second-order valence-corrected chi connectivity index (χ2v) is 9.47. The maximum absolute atomic E-state index is 13.5. The number of benzene rings is 2. The number of furan rings is 1. The third-order valence-corrected chi connectivity index (χ3v) is 7.17. The lowest BCUT2D eigenvalue weighted by Gasteiger charge is -2.25. The van der Waals surface area contributed by atoms with Crippen LogP contribution in [0.4, 0.5) is 0 Å².